The van der Waals surface area contributed by atoms with Crippen LogP contribution in [0.4, 0.5) is 8.78 Å². The van der Waals surface area contributed by atoms with Crippen molar-refractivity contribution in [2.75, 3.05) is 6.54 Å². The summed E-state index contributed by atoms with van der Waals surface area (Å²) in [4.78, 5) is 12.1. The Morgan fingerprint density at radius 1 is 1.48 bits per heavy atom. The van der Waals surface area contributed by atoms with Gasteiger partial charge in [-0.15, -0.1) is 0 Å². The molecule has 0 spiro atoms. The molecule has 2 aromatic rings. The number of hydrogen-bond acceptors (Lipinski definition) is 3. The van der Waals surface area contributed by atoms with Crippen LogP contribution in [0.5, 0.6) is 0 Å². The molecule has 0 aromatic carbocycles. The Bertz CT molecular complexity index is 759. The van der Waals surface area contributed by atoms with Crippen LogP contribution in [0, 0.1) is 0 Å². The molecule has 1 aliphatic carbocycles. The Morgan fingerprint density at radius 3 is 2.84 bits per heavy atom. The summed E-state index contributed by atoms with van der Waals surface area (Å²) in [6.45, 7) is 1.02. The minimum absolute atomic E-state index is 0.0647. The van der Waals surface area contributed by atoms with Gasteiger partial charge in [-0.05, 0) is 35.2 Å². The van der Waals surface area contributed by atoms with Crippen LogP contribution >= 0.6 is 27.5 Å². The zero-order valence-electron chi connectivity index (χ0n) is 13.3. The molecule has 136 valence electrons. The molecule has 1 fully saturated rings. The Balaban J connectivity index is 1.53. The number of rotatable bonds is 8. The average molecular weight is 437 g/mol. The van der Waals surface area contributed by atoms with Crippen molar-refractivity contribution in [3.8, 4) is 0 Å². The third-order valence-corrected chi connectivity index (χ3v) is 4.92. The van der Waals surface area contributed by atoms with Crippen molar-refractivity contribution >= 4 is 33.4 Å². The van der Waals surface area contributed by atoms with Gasteiger partial charge in [0, 0.05) is 25.2 Å². The summed E-state index contributed by atoms with van der Waals surface area (Å²) < 4.78 is 29.5. The first-order chi connectivity index (χ1) is 12.0. The highest BCUT2D eigenvalue weighted by Gasteiger charge is 2.34. The summed E-state index contributed by atoms with van der Waals surface area (Å²) in [5.74, 6) is -0.0528. The molecular formula is C15H17BrClF2N5O. The van der Waals surface area contributed by atoms with Crippen LogP contribution in [0.3, 0.4) is 0 Å². The van der Waals surface area contributed by atoms with Crippen molar-refractivity contribution in [3.63, 3.8) is 0 Å². The lowest BCUT2D eigenvalue weighted by molar-refractivity contribution is -0.121. The van der Waals surface area contributed by atoms with E-state index in [0.717, 1.165) is 12.8 Å². The van der Waals surface area contributed by atoms with Gasteiger partial charge in [0.15, 0.2) is 0 Å². The lowest BCUT2D eigenvalue weighted by Crippen LogP contribution is -2.30. The minimum Gasteiger partial charge on any atom is -0.354 e. The van der Waals surface area contributed by atoms with Gasteiger partial charge in [-0.3, -0.25) is 14.2 Å². The van der Waals surface area contributed by atoms with E-state index in [1.165, 1.54) is 4.68 Å². The van der Waals surface area contributed by atoms with Crippen molar-refractivity contribution < 1.29 is 13.6 Å². The number of aryl methyl sites for hydroxylation is 1. The van der Waals surface area contributed by atoms with Gasteiger partial charge in [-0.2, -0.15) is 10.2 Å². The van der Waals surface area contributed by atoms with E-state index in [9.17, 15) is 13.6 Å². The van der Waals surface area contributed by atoms with Gasteiger partial charge in [0.1, 0.15) is 12.2 Å². The number of halogens is 4. The van der Waals surface area contributed by atoms with E-state index in [-0.39, 0.29) is 24.1 Å². The van der Waals surface area contributed by atoms with Crippen molar-refractivity contribution in [2.24, 2.45) is 0 Å². The SMILES string of the molecule is O=C(Cn1nc(C(F)F)c(Br)c1C1CC1)NCCCn1cc(Cl)cn1. The molecule has 0 aliphatic heterocycles. The van der Waals surface area contributed by atoms with E-state index in [1.807, 2.05) is 0 Å². The molecule has 1 amide bonds. The number of hydrogen-bond donors (Lipinski definition) is 1. The van der Waals surface area contributed by atoms with Crippen LogP contribution in [0.1, 0.15) is 43.0 Å². The normalized spacial score (nSPS) is 14.3. The largest absolute Gasteiger partial charge is 0.354 e. The van der Waals surface area contributed by atoms with Crippen molar-refractivity contribution in [2.45, 2.75) is 44.7 Å². The number of carbonyl (C=O) groups is 1. The molecule has 1 saturated carbocycles. The number of alkyl halides is 2. The molecule has 0 unspecified atom stereocenters. The van der Waals surface area contributed by atoms with Gasteiger partial charge in [-0.1, -0.05) is 11.6 Å². The van der Waals surface area contributed by atoms with Crippen LogP contribution in [-0.4, -0.2) is 32.0 Å². The van der Waals surface area contributed by atoms with E-state index in [4.69, 9.17) is 11.6 Å². The standard InChI is InChI=1S/C15H17BrClF2N5O/c16-12-13(15(18)19)22-24(14(12)9-2-3-9)8-11(25)20-4-1-5-23-7-10(17)6-21-23/h6-7,9,15H,1-5,8H2,(H,20,25). The predicted molar refractivity (Wildman–Crippen MR) is 91.7 cm³/mol. The van der Waals surface area contributed by atoms with E-state index in [1.54, 1.807) is 17.1 Å². The Labute approximate surface area is 156 Å². The summed E-state index contributed by atoms with van der Waals surface area (Å²) in [5.41, 5.74) is 0.391. The third-order valence-electron chi connectivity index (χ3n) is 3.91. The molecule has 25 heavy (non-hydrogen) atoms. The highest BCUT2D eigenvalue weighted by Crippen LogP contribution is 2.45. The average Bonchev–Trinajstić information content (AvgIpc) is 3.21. The fraction of sp³-hybridized carbons (Fsp3) is 0.533. The molecule has 1 aliphatic rings. The van der Waals surface area contributed by atoms with Crippen LogP contribution in [0.15, 0.2) is 16.9 Å². The molecule has 10 heteroatoms. The van der Waals surface area contributed by atoms with Gasteiger partial charge in [-0.25, -0.2) is 8.78 Å². The van der Waals surface area contributed by atoms with Gasteiger partial charge in [0.05, 0.1) is 21.4 Å². The predicted octanol–water partition coefficient (Wildman–Crippen LogP) is 3.52. The van der Waals surface area contributed by atoms with Gasteiger partial charge < -0.3 is 5.32 Å². The van der Waals surface area contributed by atoms with Crippen LogP contribution in [0.25, 0.3) is 0 Å². The van der Waals surface area contributed by atoms with Crippen LogP contribution < -0.4 is 5.32 Å². The van der Waals surface area contributed by atoms with E-state index >= 15 is 0 Å². The number of amides is 1. The lowest BCUT2D eigenvalue weighted by atomic mass is 10.2. The number of carbonyl (C=O) groups excluding carboxylic acids is 1. The Hall–Kier alpha value is -1.48. The lowest BCUT2D eigenvalue weighted by Gasteiger charge is -2.08. The maximum Gasteiger partial charge on any atom is 0.283 e. The van der Waals surface area contributed by atoms with Gasteiger partial charge in [0.2, 0.25) is 5.91 Å². The summed E-state index contributed by atoms with van der Waals surface area (Å²) in [7, 11) is 0. The molecule has 2 heterocycles. The first kappa shape index (κ1) is 18.3. The second-order valence-corrected chi connectivity index (χ2v) is 7.17. The molecule has 0 atom stereocenters. The second kappa shape index (κ2) is 7.82. The Kier molecular flexibility index (Phi) is 5.73. The monoisotopic (exact) mass is 435 g/mol. The zero-order chi connectivity index (χ0) is 18.0. The quantitative estimate of drug-likeness (QED) is 0.644. The summed E-state index contributed by atoms with van der Waals surface area (Å²) >= 11 is 8.99. The molecule has 0 bridgehead atoms. The number of nitrogens with one attached hydrogen (secondary N) is 1. The van der Waals surface area contributed by atoms with E-state index < -0.39 is 6.43 Å². The molecule has 3 rings (SSSR count). The molecule has 2 aromatic heterocycles. The maximum absolute atomic E-state index is 13.0. The maximum atomic E-state index is 13.0. The van der Waals surface area contributed by atoms with Crippen LogP contribution in [-0.2, 0) is 17.9 Å². The van der Waals surface area contributed by atoms with E-state index in [0.29, 0.717) is 34.7 Å². The summed E-state index contributed by atoms with van der Waals surface area (Å²) in [6.07, 6.45) is 3.14. The number of nitrogens with zero attached hydrogens (tertiary/aromatic N) is 4. The van der Waals surface area contributed by atoms with Crippen LogP contribution in [0.2, 0.25) is 5.02 Å². The van der Waals surface area contributed by atoms with Crippen molar-refractivity contribution in [1.29, 1.82) is 0 Å². The van der Waals surface area contributed by atoms with Gasteiger partial charge in [0.25, 0.3) is 6.43 Å². The first-order valence-corrected chi connectivity index (χ1v) is 9.11. The molecule has 6 nitrogen and oxygen atoms in total. The fourth-order valence-corrected chi connectivity index (χ4v) is 3.54. The molecule has 1 N–H and O–H groups in total. The number of aromatic nitrogens is 4. The summed E-state index contributed by atoms with van der Waals surface area (Å²) in [5, 5.41) is 11.3. The molecule has 0 saturated heterocycles. The second-order valence-electron chi connectivity index (χ2n) is 5.94. The fourth-order valence-electron chi connectivity index (χ4n) is 2.60. The first-order valence-electron chi connectivity index (χ1n) is 7.94. The van der Waals surface area contributed by atoms with E-state index in [2.05, 4.69) is 31.4 Å². The van der Waals surface area contributed by atoms with Gasteiger partial charge >= 0.3 is 0 Å². The minimum atomic E-state index is -2.67. The van der Waals surface area contributed by atoms with Crippen molar-refractivity contribution in [3.05, 3.63) is 33.3 Å². The zero-order valence-corrected chi connectivity index (χ0v) is 15.6. The smallest absolute Gasteiger partial charge is 0.283 e. The van der Waals surface area contributed by atoms with Crippen molar-refractivity contribution in [1.82, 2.24) is 24.9 Å². The highest BCUT2D eigenvalue weighted by molar-refractivity contribution is 9.10. The molecular weight excluding hydrogens is 420 g/mol. The summed E-state index contributed by atoms with van der Waals surface area (Å²) in [6, 6.07) is 0. The topological polar surface area (TPSA) is 64.7 Å². The molecule has 0 radical (unpaired) electrons. The Morgan fingerprint density at radius 2 is 2.24 bits per heavy atom. The third kappa shape index (κ3) is 4.58. The highest BCUT2D eigenvalue weighted by atomic mass is 79.9.